The molecule has 0 heterocycles. The molecule has 1 amide bonds. The number of allylic oxidation sites excluding steroid dienone is 3. The third-order valence-corrected chi connectivity index (χ3v) is 13.2. The molecule has 6 nitrogen and oxygen atoms in total. The van der Waals surface area contributed by atoms with Crippen molar-refractivity contribution in [3.63, 3.8) is 0 Å². The van der Waals surface area contributed by atoms with Gasteiger partial charge in [0, 0.05) is 12.8 Å². The highest BCUT2D eigenvalue weighted by atomic mass is 16.5. The van der Waals surface area contributed by atoms with E-state index in [0.29, 0.717) is 19.4 Å². The van der Waals surface area contributed by atoms with E-state index < -0.39 is 12.1 Å². The number of unbranched alkanes of at least 4 members (excludes halogenated alkanes) is 40. The Labute approximate surface area is 399 Å². The molecule has 0 fully saturated rings. The van der Waals surface area contributed by atoms with Crippen molar-refractivity contribution in [2.24, 2.45) is 0 Å². The predicted molar refractivity (Wildman–Crippen MR) is 278 cm³/mol. The van der Waals surface area contributed by atoms with Crippen molar-refractivity contribution < 1.29 is 24.5 Å². The van der Waals surface area contributed by atoms with Crippen LogP contribution in [0.15, 0.2) is 24.3 Å². The summed E-state index contributed by atoms with van der Waals surface area (Å²) < 4.78 is 5.46. The van der Waals surface area contributed by atoms with Crippen LogP contribution in [0, 0.1) is 0 Å². The van der Waals surface area contributed by atoms with Crippen LogP contribution in [0.4, 0.5) is 0 Å². The summed E-state index contributed by atoms with van der Waals surface area (Å²) in [7, 11) is 0. The first-order valence-corrected chi connectivity index (χ1v) is 28.6. The van der Waals surface area contributed by atoms with Crippen LogP contribution >= 0.6 is 0 Å². The number of carbonyl (C=O) groups is 2. The first kappa shape index (κ1) is 62.3. The summed E-state index contributed by atoms with van der Waals surface area (Å²) in [6, 6.07) is -0.639. The largest absolute Gasteiger partial charge is 0.466 e. The second kappa shape index (κ2) is 54.0. The van der Waals surface area contributed by atoms with Crippen molar-refractivity contribution in [2.45, 2.75) is 321 Å². The second-order valence-electron chi connectivity index (χ2n) is 19.6. The van der Waals surface area contributed by atoms with Crippen LogP contribution in [0.25, 0.3) is 0 Å². The normalized spacial score (nSPS) is 12.8. The minimum Gasteiger partial charge on any atom is -0.466 e. The molecule has 0 radical (unpaired) electrons. The Morgan fingerprint density at radius 3 is 1.11 bits per heavy atom. The first-order chi connectivity index (χ1) is 31.5. The number of esters is 1. The van der Waals surface area contributed by atoms with Crippen molar-refractivity contribution in [3.8, 4) is 0 Å². The van der Waals surface area contributed by atoms with Gasteiger partial charge in [-0.25, -0.2) is 0 Å². The van der Waals surface area contributed by atoms with Crippen LogP contribution in [-0.2, 0) is 14.3 Å². The zero-order chi connectivity index (χ0) is 46.5. The monoisotopic (exact) mass is 902 g/mol. The number of carbonyl (C=O) groups excluding carboxylic acids is 2. The van der Waals surface area contributed by atoms with E-state index in [2.05, 4.69) is 31.3 Å². The molecule has 2 atom stereocenters. The molecular weight excluding hydrogens is 791 g/mol. The lowest BCUT2D eigenvalue weighted by Gasteiger charge is -2.20. The van der Waals surface area contributed by atoms with Crippen LogP contribution < -0.4 is 5.32 Å². The van der Waals surface area contributed by atoms with Gasteiger partial charge in [0.1, 0.15) is 0 Å². The van der Waals surface area contributed by atoms with E-state index in [1.807, 2.05) is 6.08 Å². The number of hydrogen-bond donors (Lipinski definition) is 3. The summed E-state index contributed by atoms with van der Waals surface area (Å²) in [5.74, 6) is -0.0899. The van der Waals surface area contributed by atoms with Crippen molar-refractivity contribution in [1.29, 1.82) is 0 Å². The van der Waals surface area contributed by atoms with E-state index in [1.165, 1.54) is 212 Å². The Kier molecular flexibility index (Phi) is 52.6. The average Bonchev–Trinajstić information content (AvgIpc) is 3.29. The number of ether oxygens (including phenoxy) is 1. The Morgan fingerprint density at radius 1 is 0.422 bits per heavy atom. The fourth-order valence-electron chi connectivity index (χ4n) is 8.81. The number of rotatable bonds is 53. The molecule has 0 aromatic rings. The van der Waals surface area contributed by atoms with Gasteiger partial charge in [-0.15, -0.1) is 0 Å². The molecule has 0 aliphatic heterocycles. The zero-order valence-electron chi connectivity index (χ0n) is 43.0. The lowest BCUT2D eigenvalue weighted by Crippen LogP contribution is -2.45. The van der Waals surface area contributed by atoms with Gasteiger partial charge in [0.05, 0.1) is 25.4 Å². The van der Waals surface area contributed by atoms with Gasteiger partial charge in [0.25, 0.3) is 0 Å². The fourth-order valence-corrected chi connectivity index (χ4v) is 8.81. The number of nitrogens with one attached hydrogen (secondary N) is 1. The zero-order valence-corrected chi connectivity index (χ0v) is 43.0. The molecule has 0 aliphatic carbocycles. The number of hydrogen-bond acceptors (Lipinski definition) is 5. The lowest BCUT2D eigenvalue weighted by atomic mass is 10.0. The number of amides is 1. The smallest absolute Gasteiger partial charge is 0.305 e. The molecular formula is C58H111NO5. The summed E-state index contributed by atoms with van der Waals surface area (Å²) in [6.07, 6.45) is 64.8. The third-order valence-electron chi connectivity index (χ3n) is 13.2. The van der Waals surface area contributed by atoms with Crippen molar-refractivity contribution in [2.75, 3.05) is 13.2 Å². The van der Waals surface area contributed by atoms with Gasteiger partial charge in [-0.2, -0.15) is 0 Å². The molecule has 2 unspecified atom stereocenters. The maximum absolute atomic E-state index is 12.5. The van der Waals surface area contributed by atoms with Gasteiger partial charge < -0.3 is 20.3 Å². The molecule has 6 heteroatoms. The van der Waals surface area contributed by atoms with Crippen molar-refractivity contribution >= 4 is 11.9 Å². The van der Waals surface area contributed by atoms with Gasteiger partial charge in [0.15, 0.2) is 0 Å². The van der Waals surface area contributed by atoms with Crippen molar-refractivity contribution in [3.05, 3.63) is 24.3 Å². The van der Waals surface area contributed by atoms with E-state index >= 15 is 0 Å². The Balaban J connectivity index is 3.50. The van der Waals surface area contributed by atoms with Gasteiger partial charge in [-0.3, -0.25) is 9.59 Å². The molecule has 0 aromatic heterocycles. The first-order valence-electron chi connectivity index (χ1n) is 28.6. The van der Waals surface area contributed by atoms with Crippen LogP contribution in [-0.4, -0.2) is 47.4 Å². The molecule has 0 aromatic carbocycles. The third kappa shape index (κ3) is 49.8. The molecule has 64 heavy (non-hydrogen) atoms. The predicted octanol–water partition coefficient (Wildman–Crippen LogP) is 17.5. The van der Waals surface area contributed by atoms with E-state index in [1.54, 1.807) is 6.08 Å². The summed E-state index contributed by atoms with van der Waals surface area (Å²) in [6.45, 7) is 4.88. The molecule has 0 saturated carbocycles. The average molecular weight is 903 g/mol. The minimum absolute atomic E-state index is 0.00873. The fraction of sp³-hybridized carbons (Fsp3) is 0.897. The quantitative estimate of drug-likeness (QED) is 0.0321. The topological polar surface area (TPSA) is 95.9 Å². The molecule has 3 N–H and O–H groups in total. The number of aliphatic hydroxyl groups is 2. The van der Waals surface area contributed by atoms with E-state index in [-0.39, 0.29) is 18.5 Å². The van der Waals surface area contributed by atoms with Gasteiger partial charge >= 0.3 is 5.97 Å². The SMILES string of the molecule is CCCCCCCCCCCCCCCCCC/C=C/C(O)C(CO)NC(=O)CCCCCCCCC/C=C\CCCCCCOC(=O)CCCCCCCCCCCCCCCC. The maximum Gasteiger partial charge on any atom is 0.305 e. The molecule has 378 valence electrons. The maximum atomic E-state index is 12.5. The summed E-state index contributed by atoms with van der Waals surface area (Å²) in [4.78, 5) is 24.5. The number of aliphatic hydroxyl groups excluding tert-OH is 2. The van der Waals surface area contributed by atoms with Crippen LogP contribution in [0.3, 0.4) is 0 Å². The van der Waals surface area contributed by atoms with Crippen LogP contribution in [0.2, 0.25) is 0 Å². The summed E-state index contributed by atoms with van der Waals surface area (Å²) >= 11 is 0. The Bertz CT molecular complexity index is 997. The summed E-state index contributed by atoms with van der Waals surface area (Å²) in [5.41, 5.74) is 0. The molecule has 0 spiro atoms. The van der Waals surface area contributed by atoms with Crippen molar-refractivity contribution in [1.82, 2.24) is 5.32 Å². The van der Waals surface area contributed by atoms with E-state index in [9.17, 15) is 19.8 Å². The van der Waals surface area contributed by atoms with E-state index in [4.69, 9.17) is 4.74 Å². The van der Waals surface area contributed by atoms with Gasteiger partial charge in [-0.1, -0.05) is 263 Å². The minimum atomic E-state index is -0.854. The van der Waals surface area contributed by atoms with Crippen LogP contribution in [0.5, 0.6) is 0 Å². The molecule has 0 saturated heterocycles. The van der Waals surface area contributed by atoms with Gasteiger partial charge in [-0.05, 0) is 57.8 Å². The highest BCUT2D eigenvalue weighted by Gasteiger charge is 2.18. The van der Waals surface area contributed by atoms with Crippen LogP contribution in [0.1, 0.15) is 309 Å². The second-order valence-corrected chi connectivity index (χ2v) is 19.6. The van der Waals surface area contributed by atoms with Gasteiger partial charge in [0.2, 0.25) is 5.91 Å². The molecule has 0 rings (SSSR count). The Morgan fingerprint density at radius 2 is 0.734 bits per heavy atom. The molecule has 0 bridgehead atoms. The summed E-state index contributed by atoms with van der Waals surface area (Å²) in [5, 5.41) is 23.1. The standard InChI is InChI=1S/C58H111NO5/c1-3-5-7-9-11-13-15-17-19-20-21-23-26-30-34-38-42-46-50-56(61)55(54-60)59-57(62)51-47-43-39-35-31-27-24-22-25-29-33-37-41-45-49-53-64-58(63)52-48-44-40-36-32-28-18-16-14-12-10-8-6-4-2/h25,29,46,50,55-56,60-61H,3-24,26-28,30-45,47-49,51-54H2,1-2H3,(H,59,62)/b29-25-,50-46+. The Hall–Kier alpha value is -1.66. The lowest BCUT2D eigenvalue weighted by molar-refractivity contribution is -0.143. The highest BCUT2D eigenvalue weighted by Crippen LogP contribution is 2.17. The van der Waals surface area contributed by atoms with E-state index in [0.717, 1.165) is 70.6 Å². The highest BCUT2D eigenvalue weighted by molar-refractivity contribution is 5.76. The molecule has 0 aliphatic rings.